The van der Waals surface area contributed by atoms with Gasteiger partial charge in [0.2, 0.25) is 0 Å². The van der Waals surface area contributed by atoms with Crippen molar-refractivity contribution < 1.29 is 38.1 Å². The number of hydrogen-bond donors (Lipinski definition) is 0. The van der Waals surface area contributed by atoms with E-state index < -0.39 is 48.6 Å². The fourth-order valence-corrected chi connectivity index (χ4v) is 4.41. The summed E-state index contributed by atoms with van der Waals surface area (Å²) in [5.74, 6) is -2.01. The average Bonchev–Trinajstić information content (AvgIpc) is 2.95. The fraction of sp³-hybridized carbons (Fsp3) is 0.250. The molecule has 1 aliphatic heterocycles. The molecule has 8 nitrogen and oxygen atoms in total. The van der Waals surface area contributed by atoms with Crippen LogP contribution in [0.1, 0.15) is 31.1 Å². The van der Waals surface area contributed by atoms with Crippen molar-refractivity contribution in [2.75, 3.05) is 12.4 Å². The van der Waals surface area contributed by atoms with Gasteiger partial charge in [0.15, 0.2) is 24.6 Å². The van der Waals surface area contributed by atoms with Crippen LogP contribution < -0.4 is 0 Å². The van der Waals surface area contributed by atoms with Gasteiger partial charge in [-0.25, -0.2) is 14.4 Å². The molecule has 1 saturated heterocycles. The third-order valence-corrected chi connectivity index (χ3v) is 6.37. The second-order valence-electron chi connectivity index (χ2n) is 8.14. The summed E-state index contributed by atoms with van der Waals surface area (Å²) in [6.07, 6.45) is -5.49. The topological polar surface area (TPSA) is 97.4 Å². The molecule has 0 amide bonds. The van der Waals surface area contributed by atoms with E-state index in [1.807, 2.05) is 0 Å². The van der Waals surface area contributed by atoms with Gasteiger partial charge in [0.25, 0.3) is 0 Å². The predicted molar refractivity (Wildman–Crippen MR) is 136 cm³/mol. The minimum atomic E-state index is -1.24. The van der Waals surface area contributed by atoms with Crippen LogP contribution in [0.3, 0.4) is 0 Å². The summed E-state index contributed by atoms with van der Waals surface area (Å²) in [7, 11) is 1.38. The summed E-state index contributed by atoms with van der Waals surface area (Å²) >= 11 is 3.38. The van der Waals surface area contributed by atoms with E-state index in [9.17, 15) is 14.4 Å². The van der Waals surface area contributed by atoms with Gasteiger partial charge in [-0.15, -0.1) is 0 Å². The van der Waals surface area contributed by atoms with E-state index in [4.69, 9.17) is 23.7 Å². The number of esters is 3. The molecule has 3 aromatic carbocycles. The highest BCUT2D eigenvalue weighted by molar-refractivity contribution is 9.09. The molecule has 1 aliphatic rings. The normalized spacial score (nSPS) is 23.0. The molecule has 37 heavy (non-hydrogen) atoms. The first-order chi connectivity index (χ1) is 18.0. The molecule has 0 N–H and O–H groups in total. The number of carbonyl (C=O) groups excluding carboxylic acids is 3. The largest absolute Gasteiger partial charge is 0.452 e. The summed E-state index contributed by atoms with van der Waals surface area (Å²) in [5.41, 5.74) is 0.862. The van der Waals surface area contributed by atoms with Gasteiger partial charge in [-0.2, -0.15) is 0 Å². The van der Waals surface area contributed by atoms with Crippen LogP contribution in [0.2, 0.25) is 0 Å². The zero-order valence-electron chi connectivity index (χ0n) is 19.9. The Bertz CT molecular complexity index is 1120. The Kier molecular flexibility index (Phi) is 9.05. The molecular weight excluding hydrogens is 544 g/mol. The summed E-state index contributed by atoms with van der Waals surface area (Å²) in [5, 5.41) is 0.221. The highest BCUT2D eigenvalue weighted by atomic mass is 79.9. The third kappa shape index (κ3) is 6.43. The number of carbonyl (C=O) groups is 3. The van der Waals surface area contributed by atoms with Crippen LogP contribution in [-0.4, -0.2) is 61.1 Å². The standard InChI is InChI=1S/C28H25BrO8/c1-33-28-24(37-27(32)20-15-9-4-10-16-20)23(36-26(31)19-13-7-3-8-14-19)22(21(17-29)34-28)35-25(30)18-11-5-2-6-12-18/h2-16,21-24,28H,17H2,1H3. The molecule has 0 radical (unpaired) electrons. The van der Waals surface area contributed by atoms with Crippen LogP contribution in [0.15, 0.2) is 91.0 Å². The van der Waals surface area contributed by atoms with Crippen LogP contribution in [-0.2, 0) is 23.7 Å². The lowest BCUT2D eigenvalue weighted by atomic mass is 9.98. The number of hydrogen-bond acceptors (Lipinski definition) is 8. The number of benzene rings is 3. The first kappa shape index (κ1) is 26.5. The highest BCUT2D eigenvalue weighted by Crippen LogP contribution is 2.31. The maximum Gasteiger partial charge on any atom is 0.338 e. The van der Waals surface area contributed by atoms with E-state index in [0.717, 1.165) is 0 Å². The van der Waals surface area contributed by atoms with Gasteiger partial charge in [0, 0.05) is 12.4 Å². The van der Waals surface area contributed by atoms with Crippen molar-refractivity contribution in [1.29, 1.82) is 0 Å². The Morgan fingerprint density at radius 1 is 0.649 bits per heavy atom. The van der Waals surface area contributed by atoms with E-state index in [2.05, 4.69) is 15.9 Å². The average molecular weight is 569 g/mol. The molecule has 3 aromatic rings. The van der Waals surface area contributed by atoms with Crippen molar-refractivity contribution >= 4 is 33.8 Å². The van der Waals surface area contributed by atoms with Crippen molar-refractivity contribution in [3.63, 3.8) is 0 Å². The molecule has 0 spiro atoms. The van der Waals surface area contributed by atoms with Crippen molar-refractivity contribution in [1.82, 2.24) is 0 Å². The summed E-state index contributed by atoms with van der Waals surface area (Å²) < 4.78 is 28.9. The van der Waals surface area contributed by atoms with Gasteiger partial charge in [0.1, 0.15) is 6.10 Å². The number of ether oxygens (including phenoxy) is 5. The Balaban J connectivity index is 1.69. The molecule has 0 aromatic heterocycles. The number of methoxy groups -OCH3 is 1. The SMILES string of the molecule is COC1OC(CBr)C(OC(=O)c2ccccc2)C(OC(=O)c2ccccc2)C1OC(=O)c1ccccc1. The Morgan fingerprint density at radius 2 is 1.03 bits per heavy atom. The Morgan fingerprint density at radius 3 is 1.41 bits per heavy atom. The summed E-state index contributed by atoms with van der Waals surface area (Å²) in [4.78, 5) is 39.1. The molecule has 4 rings (SSSR count). The van der Waals surface area contributed by atoms with Crippen LogP contribution >= 0.6 is 15.9 Å². The minimum Gasteiger partial charge on any atom is -0.452 e. The highest BCUT2D eigenvalue weighted by Gasteiger charge is 2.52. The molecule has 1 heterocycles. The molecule has 0 saturated carbocycles. The van der Waals surface area contributed by atoms with E-state index >= 15 is 0 Å². The van der Waals surface area contributed by atoms with Crippen LogP contribution in [0.5, 0.6) is 0 Å². The van der Waals surface area contributed by atoms with Crippen molar-refractivity contribution in [2.45, 2.75) is 30.7 Å². The summed E-state index contributed by atoms with van der Waals surface area (Å²) in [6.45, 7) is 0. The molecule has 0 bridgehead atoms. The second-order valence-corrected chi connectivity index (χ2v) is 8.79. The molecule has 0 aliphatic carbocycles. The van der Waals surface area contributed by atoms with Gasteiger partial charge in [0.05, 0.1) is 16.7 Å². The molecule has 9 heteroatoms. The van der Waals surface area contributed by atoms with Gasteiger partial charge >= 0.3 is 17.9 Å². The number of rotatable bonds is 8. The van der Waals surface area contributed by atoms with E-state index in [1.54, 1.807) is 91.0 Å². The lowest BCUT2D eigenvalue weighted by molar-refractivity contribution is -0.282. The minimum absolute atomic E-state index is 0.221. The molecule has 1 fully saturated rings. The zero-order chi connectivity index (χ0) is 26.2. The number of alkyl halides is 1. The quantitative estimate of drug-likeness (QED) is 0.223. The first-order valence-electron chi connectivity index (χ1n) is 11.5. The first-order valence-corrected chi connectivity index (χ1v) is 12.7. The zero-order valence-corrected chi connectivity index (χ0v) is 21.5. The Labute approximate surface area is 222 Å². The molecule has 5 unspecified atom stereocenters. The van der Waals surface area contributed by atoms with E-state index in [1.165, 1.54) is 7.11 Å². The van der Waals surface area contributed by atoms with E-state index in [-0.39, 0.29) is 16.5 Å². The fourth-order valence-electron chi connectivity index (χ4n) is 3.89. The van der Waals surface area contributed by atoms with E-state index in [0.29, 0.717) is 5.56 Å². The Hall–Kier alpha value is -3.53. The van der Waals surface area contributed by atoms with Gasteiger partial charge in [-0.1, -0.05) is 70.5 Å². The maximum absolute atomic E-state index is 13.1. The second kappa shape index (κ2) is 12.6. The van der Waals surface area contributed by atoms with Gasteiger partial charge < -0.3 is 23.7 Å². The molecule has 192 valence electrons. The maximum atomic E-state index is 13.1. The van der Waals surface area contributed by atoms with Crippen LogP contribution in [0.25, 0.3) is 0 Å². The van der Waals surface area contributed by atoms with Crippen LogP contribution in [0, 0.1) is 0 Å². The molecule has 5 atom stereocenters. The smallest absolute Gasteiger partial charge is 0.338 e. The lowest BCUT2D eigenvalue weighted by Crippen LogP contribution is -2.62. The predicted octanol–water partition coefficient (Wildman–Crippen LogP) is 4.43. The summed E-state index contributed by atoms with van der Waals surface area (Å²) in [6, 6.07) is 25.1. The third-order valence-electron chi connectivity index (χ3n) is 5.73. The van der Waals surface area contributed by atoms with Crippen molar-refractivity contribution in [3.05, 3.63) is 108 Å². The monoisotopic (exact) mass is 568 g/mol. The van der Waals surface area contributed by atoms with Crippen molar-refractivity contribution in [3.8, 4) is 0 Å². The number of halogens is 1. The van der Waals surface area contributed by atoms with Crippen molar-refractivity contribution in [2.24, 2.45) is 0 Å². The molecular formula is C28H25BrO8. The van der Waals surface area contributed by atoms with Gasteiger partial charge in [-0.05, 0) is 36.4 Å². The lowest BCUT2D eigenvalue weighted by Gasteiger charge is -2.43. The van der Waals surface area contributed by atoms with Crippen LogP contribution in [0.4, 0.5) is 0 Å². The van der Waals surface area contributed by atoms with Gasteiger partial charge in [-0.3, -0.25) is 0 Å².